The zero-order valence-corrected chi connectivity index (χ0v) is 12.4. The normalized spacial score (nSPS) is 12.0. The fourth-order valence-corrected chi connectivity index (χ4v) is 2.96. The standard InChI is InChI=1S/C17H15NO2S/c1-12(17-7-4-10-21-17)18-15-6-3-2-5-14(15)16-9-8-13(11-19)20-16/h2-12,18H,1H3. The lowest BCUT2D eigenvalue weighted by molar-refractivity contribution is 0.110. The molecule has 0 saturated carbocycles. The summed E-state index contributed by atoms with van der Waals surface area (Å²) in [6.07, 6.45) is 0.716. The lowest BCUT2D eigenvalue weighted by Crippen LogP contribution is -2.05. The van der Waals surface area contributed by atoms with E-state index in [4.69, 9.17) is 4.42 Å². The van der Waals surface area contributed by atoms with Gasteiger partial charge in [-0.05, 0) is 42.6 Å². The molecule has 0 fully saturated rings. The van der Waals surface area contributed by atoms with E-state index in [1.165, 1.54) is 4.88 Å². The van der Waals surface area contributed by atoms with Gasteiger partial charge in [-0.25, -0.2) is 0 Å². The summed E-state index contributed by atoms with van der Waals surface area (Å²) < 4.78 is 5.53. The fraction of sp³-hybridized carbons (Fsp3) is 0.118. The molecule has 1 atom stereocenters. The van der Waals surface area contributed by atoms with Crippen LogP contribution in [-0.2, 0) is 0 Å². The third-order valence-electron chi connectivity index (χ3n) is 3.28. The van der Waals surface area contributed by atoms with Crippen LogP contribution in [-0.4, -0.2) is 6.29 Å². The summed E-state index contributed by atoms with van der Waals surface area (Å²) in [4.78, 5) is 12.0. The summed E-state index contributed by atoms with van der Waals surface area (Å²) in [5, 5.41) is 5.57. The predicted octanol–water partition coefficient (Wildman–Crippen LogP) is 4.99. The molecule has 0 saturated heterocycles. The highest BCUT2D eigenvalue weighted by molar-refractivity contribution is 7.10. The number of carbonyl (C=O) groups excluding carboxylic acids is 1. The van der Waals surface area contributed by atoms with Gasteiger partial charge in [-0.3, -0.25) is 4.79 Å². The number of nitrogens with one attached hydrogen (secondary N) is 1. The van der Waals surface area contributed by atoms with E-state index in [0.717, 1.165) is 11.3 Å². The smallest absolute Gasteiger partial charge is 0.185 e. The minimum absolute atomic E-state index is 0.214. The van der Waals surface area contributed by atoms with Gasteiger partial charge in [0.05, 0.1) is 6.04 Å². The Balaban J connectivity index is 1.90. The molecule has 3 aromatic rings. The molecule has 4 heteroatoms. The molecule has 2 aromatic heterocycles. The monoisotopic (exact) mass is 297 g/mol. The summed E-state index contributed by atoms with van der Waals surface area (Å²) in [6, 6.07) is 15.8. The van der Waals surface area contributed by atoms with Gasteiger partial charge in [-0.2, -0.15) is 0 Å². The van der Waals surface area contributed by atoms with E-state index in [1.807, 2.05) is 36.4 Å². The quantitative estimate of drug-likeness (QED) is 0.674. The molecular weight excluding hydrogens is 282 g/mol. The van der Waals surface area contributed by atoms with E-state index in [1.54, 1.807) is 17.4 Å². The number of hydrogen-bond donors (Lipinski definition) is 1. The van der Waals surface area contributed by atoms with Gasteiger partial charge in [-0.15, -0.1) is 11.3 Å². The SMILES string of the molecule is CC(Nc1ccccc1-c1ccc(C=O)o1)c1cccs1. The molecule has 0 amide bonds. The molecule has 106 valence electrons. The van der Waals surface area contributed by atoms with Gasteiger partial charge in [0, 0.05) is 16.1 Å². The molecular formula is C17H15NO2S. The summed E-state index contributed by atoms with van der Waals surface area (Å²) in [6.45, 7) is 2.13. The number of anilines is 1. The highest BCUT2D eigenvalue weighted by Crippen LogP contribution is 2.32. The number of furan rings is 1. The van der Waals surface area contributed by atoms with E-state index < -0.39 is 0 Å². The number of rotatable bonds is 5. The van der Waals surface area contributed by atoms with Crippen LogP contribution in [0.2, 0.25) is 0 Å². The van der Waals surface area contributed by atoms with Crippen molar-refractivity contribution in [2.24, 2.45) is 0 Å². The second-order valence-electron chi connectivity index (χ2n) is 4.75. The summed E-state index contributed by atoms with van der Waals surface area (Å²) in [5.74, 6) is 1.03. The first-order valence-corrected chi connectivity index (χ1v) is 7.60. The zero-order valence-electron chi connectivity index (χ0n) is 11.6. The van der Waals surface area contributed by atoms with Crippen LogP contribution in [0.5, 0.6) is 0 Å². The Labute approximate surface area is 127 Å². The van der Waals surface area contributed by atoms with Crippen molar-refractivity contribution in [1.82, 2.24) is 0 Å². The van der Waals surface area contributed by atoms with Crippen molar-refractivity contribution in [3.8, 4) is 11.3 Å². The Bertz CT molecular complexity index is 731. The van der Waals surface area contributed by atoms with Crippen molar-refractivity contribution in [2.75, 3.05) is 5.32 Å². The average molecular weight is 297 g/mol. The van der Waals surface area contributed by atoms with Crippen LogP contribution >= 0.6 is 11.3 Å². The minimum Gasteiger partial charge on any atom is -0.453 e. The van der Waals surface area contributed by atoms with Gasteiger partial charge in [0.25, 0.3) is 0 Å². The van der Waals surface area contributed by atoms with Crippen LogP contribution in [0, 0.1) is 0 Å². The van der Waals surface area contributed by atoms with Gasteiger partial charge >= 0.3 is 0 Å². The van der Waals surface area contributed by atoms with E-state index in [-0.39, 0.29) is 6.04 Å². The number of hydrogen-bond acceptors (Lipinski definition) is 4. The van der Waals surface area contributed by atoms with E-state index >= 15 is 0 Å². The molecule has 1 N–H and O–H groups in total. The second-order valence-corrected chi connectivity index (χ2v) is 5.73. The number of para-hydroxylation sites is 1. The largest absolute Gasteiger partial charge is 0.453 e. The molecule has 3 rings (SSSR count). The van der Waals surface area contributed by atoms with Gasteiger partial charge in [0.2, 0.25) is 0 Å². The summed E-state index contributed by atoms with van der Waals surface area (Å²) in [5.41, 5.74) is 1.94. The first-order valence-electron chi connectivity index (χ1n) is 6.72. The molecule has 3 nitrogen and oxygen atoms in total. The van der Waals surface area contributed by atoms with Gasteiger partial charge in [0.15, 0.2) is 12.0 Å². The molecule has 0 radical (unpaired) electrons. The topological polar surface area (TPSA) is 42.2 Å². The molecule has 2 heterocycles. The Hall–Kier alpha value is -2.33. The highest BCUT2D eigenvalue weighted by atomic mass is 32.1. The maximum absolute atomic E-state index is 10.8. The third-order valence-corrected chi connectivity index (χ3v) is 4.33. The Morgan fingerprint density at radius 3 is 2.71 bits per heavy atom. The van der Waals surface area contributed by atoms with Crippen molar-refractivity contribution >= 4 is 23.3 Å². The lowest BCUT2D eigenvalue weighted by atomic mass is 10.1. The Morgan fingerprint density at radius 2 is 2.00 bits per heavy atom. The van der Waals surface area contributed by atoms with Crippen molar-refractivity contribution < 1.29 is 9.21 Å². The molecule has 0 aliphatic carbocycles. The number of benzene rings is 1. The maximum Gasteiger partial charge on any atom is 0.185 e. The molecule has 0 aliphatic heterocycles. The third kappa shape index (κ3) is 2.90. The maximum atomic E-state index is 10.8. The molecule has 21 heavy (non-hydrogen) atoms. The van der Waals surface area contributed by atoms with Crippen LogP contribution in [0.1, 0.15) is 28.4 Å². The zero-order chi connectivity index (χ0) is 14.7. The Morgan fingerprint density at radius 1 is 1.14 bits per heavy atom. The second kappa shape index (κ2) is 5.97. The summed E-state index contributed by atoms with van der Waals surface area (Å²) >= 11 is 1.73. The van der Waals surface area contributed by atoms with Gasteiger partial charge < -0.3 is 9.73 Å². The fourth-order valence-electron chi connectivity index (χ4n) is 2.23. The molecule has 0 aliphatic rings. The highest BCUT2D eigenvalue weighted by Gasteiger charge is 2.12. The predicted molar refractivity (Wildman–Crippen MR) is 85.9 cm³/mol. The van der Waals surface area contributed by atoms with Crippen LogP contribution < -0.4 is 5.32 Å². The van der Waals surface area contributed by atoms with Crippen molar-refractivity contribution in [3.63, 3.8) is 0 Å². The molecule has 0 bridgehead atoms. The number of aldehydes is 1. The van der Waals surface area contributed by atoms with E-state index in [9.17, 15) is 4.79 Å². The van der Waals surface area contributed by atoms with Crippen LogP contribution in [0.3, 0.4) is 0 Å². The first-order chi connectivity index (χ1) is 10.3. The van der Waals surface area contributed by atoms with Crippen LogP contribution in [0.4, 0.5) is 5.69 Å². The van der Waals surface area contributed by atoms with Crippen LogP contribution in [0.25, 0.3) is 11.3 Å². The average Bonchev–Trinajstić information content (AvgIpc) is 3.19. The molecule has 1 unspecified atom stereocenters. The van der Waals surface area contributed by atoms with E-state index in [0.29, 0.717) is 17.8 Å². The van der Waals surface area contributed by atoms with Crippen molar-refractivity contribution in [1.29, 1.82) is 0 Å². The number of thiophene rings is 1. The molecule has 1 aromatic carbocycles. The molecule has 0 spiro atoms. The first kappa shape index (κ1) is 13.6. The van der Waals surface area contributed by atoms with Crippen LogP contribution in [0.15, 0.2) is 58.3 Å². The minimum atomic E-state index is 0.214. The van der Waals surface area contributed by atoms with Crippen molar-refractivity contribution in [2.45, 2.75) is 13.0 Å². The van der Waals surface area contributed by atoms with E-state index in [2.05, 4.69) is 23.7 Å². The lowest BCUT2D eigenvalue weighted by Gasteiger charge is -2.16. The summed E-state index contributed by atoms with van der Waals surface area (Å²) in [7, 11) is 0. The number of carbonyl (C=O) groups is 1. The van der Waals surface area contributed by atoms with Gasteiger partial charge in [0.1, 0.15) is 5.76 Å². The Kier molecular flexibility index (Phi) is 3.88. The van der Waals surface area contributed by atoms with Gasteiger partial charge in [-0.1, -0.05) is 18.2 Å². The van der Waals surface area contributed by atoms with Crippen molar-refractivity contribution in [3.05, 3.63) is 64.5 Å².